The maximum absolute atomic E-state index is 13.3. The number of benzene rings is 3. The van der Waals surface area contributed by atoms with Crippen LogP contribution in [0.5, 0.6) is 5.75 Å². The third-order valence-electron chi connectivity index (χ3n) is 5.05. The molecule has 0 aliphatic carbocycles. The number of carbonyl (C=O) groups is 2. The number of ether oxygens (including phenoxy) is 1. The number of nitrogens with one attached hydrogen (secondary N) is 1. The first-order chi connectivity index (χ1) is 14.5. The van der Waals surface area contributed by atoms with Crippen LogP contribution in [0.1, 0.15) is 33.2 Å². The number of carbonyl (C=O) groups excluding carboxylic acids is 2. The summed E-state index contributed by atoms with van der Waals surface area (Å²) in [5, 5.41) is 14.0. The van der Waals surface area contributed by atoms with Gasteiger partial charge in [-0.05, 0) is 42.3 Å². The highest BCUT2D eigenvalue weighted by Gasteiger charge is 2.32. The molecule has 0 aromatic heterocycles. The summed E-state index contributed by atoms with van der Waals surface area (Å²) < 4.78 is 5.16. The van der Waals surface area contributed by atoms with Gasteiger partial charge in [0, 0.05) is 12.2 Å². The fraction of sp³-hybridized carbons (Fsp3) is 0.167. The number of rotatable bonds is 6. The van der Waals surface area contributed by atoms with Gasteiger partial charge in [-0.25, -0.2) is 0 Å². The molecule has 0 unspecified atom stereocenters. The van der Waals surface area contributed by atoms with E-state index in [0.29, 0.717) is 17.9 Å². The molecule has 1 aliphatic heterocycles. The molecule has 0 radical (unpaired) electrons. The minimum absolute atomic E-state index is 0.0489. The lowest BCUT2D eigenvalue weighted by atomic mass is 10.0. The maximum atomic E-state index is 13.3. The first kappa shape index (κ1) is 19.5. The minimum Gasteiger partial charge on any atom is -0.546 e. The Hall–Kier alpha value is -3.80. The van der Waals surface area contributed by atoms with Gasteiger partial charge in [-0.2, -0.15) is 0 Å². The zero-order valence-electron chi connectivity index (χ0n) is 16.5. The Morgan fingerprint density at radius 1 is 1.03 bits per heavy atom. The van der Waals surface area contributed by atoms with Crippen molar-refractivity contribution in [2.45, 2.75) is 19.6 Å². The molecule has 1 amide bonds. The summed E-state index contributed by atoms with van der Waals surface area (Å²) in [4.78, 5) is 25.7. The lowest BCUT2D eigenvalue weighted by Crippen LogP contribution is -2.42. The number of carboxylic acid groups (broad SMARTS) is 1. The number of hydrogen-bond donors (Lipinski definition) is 1. The Balaban J connectivity index is 1.65. The van der Waals surface area contributed by atoms with Crippen LogP contribution in [0.2, 0.25) is 0 Å². The van der Waals surface area contributed by atoms with Gasteiger partial charge in [-0.1, -0.05) is 54.1 Å². The second kappa shape index (κ2) is 8.29. The van der Waals surface area contributed by atoms with Gasteiger partial charge in [-0.3, -0.25) is 4.79 Å². The van der Waals surface area contributed by atoms with Crippen LogP contribution in [0.3, 0.4) is 0 Å². The molecule has 0 fully saturated rings. The number of hydrogen-bond acceptors (Lipinski definition) is 5. The lowest BCUT2D eigenvalue weighted by Gasteiger charge is -2.38. The van der Waals surface area contributed by atoms with E-state index >= 15 is 0 Å². The third-order valence-corrected chi connectivity index (χ3v) is 5.05. The van der Waals surface area contributed by atoms with Crippen molar-refractivity contribution in [3.8, 4) is 5.75 Å². The van der Waals surface area contributed by atoms with Crippen molar-refractivity contribution in [2.75, 3.05) is 11.9 Å². The number of aliphatic carboxylic acids is 1. The van der Waals surface area contributed by atoms with Crippen LogP contribution < -0.4 is 15.2 Å². The molecule has 0 spiro atoms. The van der Waals surface area contributed by atoms with E-state index < -0.39 is 12.6 Å². The Labute approximate surface area is 174 Å². The fourth-order valence-corrected chi connectivity index (χ4v) is 3.50. The molecule has 0 bridgehead atoms. The predicted molar refractivity (Wildman–Crippen MR) is 111 cm³/mol. The third kappa shape index (κ3) is 4.12. The van der Waals surface area contributed by atoms with E-state index in [1.54, 1.807) is 17.0 Å². The van der Waals surface area contributed by atoms with Crippen molar-refractivity contribution < 1.29 is 19.4 Å². The van der Waals surface area contributed by atoms with Gasteiger partial charge in [0.1, 0.15) is 18.5 Å². The van der Waals surface area contributed by atoms with E-state index in [1.807, 2.05) is 67.6 Å². The largest absolute Gasteiger partial charge is 0.546 e. The summed E-state index contributed by atoms with van der Waals surface area (Å²) >= 11 is 0. The Kier molecular flexibility index (Phi) is 5.39. The Morgan fingerprint density at radius 3 is 2.43 bits per heavy atom. The van der Waals surface area contributed by atoms with Gasteiger partial charge in [0.15, 0.2) is 0 Å². The first-order valence-corrected chi connectivity index (χ1v) is 9.66. The van der Waals surface area contributed by atoms with Gasteiger partial charge in [0.2, 0.25) is 0 Å². The van der Waals surface area contributed by atoms with Crippen LogP contribution in [-0.2, 0) is 11.3 Å². The number of fused-ring (bicyclic) bond motifs is 1. The van der Waals surface area contributed by atoms with Crippen molar-refractivity contribution in [1.82, 2.24) is 4.90 Å². The van der Waals surface area contributed by atoms with E-state index in [4.69, 9.17) is 4.74 Å². The maximum Gasteiger partial charge on any atom is 0.258 e. The molecule has 6 heteroatoms. The second-order valence-corrected chi connectivity index (χ2v) is 7.24. The van der Waals surface area contributed by atoms with Crippen LogP contribution in [0, 0.1) is 6.92 Å². The zero-order chi connectivity index (χ0) is 21.1. The quantitative estimate of drug-likeness (QED) is 0.687. The average Bonchev–Trinajstić information content (AvgIpc) is 2.76. The van der Waals surface area contributed by atoms with E-state index in [9.17, 15) is 14.7 Å². The molecule has 0 saturated carbocycles. The molecule has 0 saturated heterocycles. The van der Waals surface area contributed by atoms with Crippen molar-refractivity contribution in [2.24, 2.45) is 0 Å². The highest BCUT2D eigenvalue weighted by atomic mass is 16.5. The van der Waals surface area contributed by atoms with Crippen LogP contribution >= 0.6 is 0 Å². The van der Waals surface area contributed by atoms with Gasteiger partial charge in [-0.15, -0.1) is 0 Å². The molecular weight excluding hydrogens is 380 g/mol. The highest BCUT2D eigenvalue weighted by Crippen LogP contribution is 2.34. The summed E-state index contributed by atoms with van der Waals surface area (Å²) in [7, 11) is 0. The van der Waals surface area contributed by atoms with Crippen molar-refractivity contribution in [1.29, 1.82) is 0 Å². The van der Waals surface area contributed by atoms with E-state index in [2.05, 4.69) is 5.32 Å². The van der Waals surface area contributed by atoms with Crippen LogP contribution in [0.25, 0.3) is 0 Å². The molecular formula is C24H21N2O4-. The monoisotopic (exact) mass is 401 g/mol. The number of carboxylic acids is 1. The molecule has 3 aromatic rings. The Morgan fingerprint density at radius 2 is 1.73 bits per heavy atom. The molecule has 6 nitrogen and oxygen atoms in total. The molecule has 1 heterocycles. The summed E-state index contributed by atoms with van der Waals surface area (Å²) in [6, 6.07) is 22.6. The Bertz CT molecular complexity index is 1060. The molecule has 1 atom stereocenters. The summed E-state index contributed by atoms with van der Waals surface area (Å²) in [6.07, 6.45) is -0.371. The smallest absolute Gasteiger partial charge is 0.258 e. The molecule has 3 aromatic carbocycles. The summed E-state index contributed by atoms with van der Waals surface area (Å²) in [6.45, 7) is 1.97. The standard InChI is InChI=1S/C24H22N2O4/c1-16-6-8-17(9-7-16)14-26-23(25-21-5-3-2-4-20(21)24(26)29)18-10-12-19(13-11-18)30-15-22(27)28/h2-13,23,25H,14-15H2,1H3,(H,27,28)/p-1/t23-/m1/s1. The fourth-order valence-electron chi connectivity index (χ4n) is 3.50. The number of anilines is 1. The van der Waals surface area contributed by atoms with Crippen LogP contribution in [0.4, 0.5) is 5.69 Å². The van der Waals surface area contributed by atoms with Gasteiger partial charge in [0.05, 0.1) is 11.5 Å². The normalized spacial score (nSPS) is 15.3. The lowest BCUT2D eigenvalue weighted by molar-refractivity contribution is -0.307. The van der Waals surface area contributed by atoms with E-state index in [-0.39, 0.29) is 12.1 Å². The number of para-hydroxylation sites is 1. The van der Waals surface area contributed by atoms with Crippen LogP contribution in [-0.4, -0.2) is 23.4 Å². The average molecular weight is 401 g/mol. The topological polar surface area (TPSA) is 81.7 Å². The molecule has 30 heavy (non-hydrogen) atoms. The number of amides is 1. The van der Waals surface area contributed by atoms with Crippen molar-refractivity contribution in [3.63, 3.8) is 0 Å². The summed E-state index contributed by atoms with van der Waals surface area (Å²) in [5.74, 6) is -0.901. The molecule has 4 rings (SSSR count). The number of nitrogens with zero attached hydrogens (tertiary/aromatic N) is 1. The van der Waals surface area contributed by atoms with Crippen molar-refractivity contribution in [3.05, 3.63) is 95.1 Å². The number of aryl methyl sites for hydroxylation is 1. The van der Waals surface area contributed by atoms with Gasteiger partial charge < -0.3 is 24.9 Å². The van der Waals surface area contributed by atoms with E-state index in [0.717, 1.165) is 22.4 Å². The minimum atomic E-state index is -1.28. The first-order valence-electron chi connectivity index (χ1n) is 9.66. The second-order valence-electron chi connectivity index (χ2n) is 7.24. The zero-order valence-corrected chi connectivity index (χ0v) is 16.5. The van der Waals surface area contributed by atoms with Crippen molar-refractivity contribution >= 4 is 17.6 Å². The predicted octanol–water partition coefficient (Wildman–Crippen LogP) is 2.89. The van der Waals surface area contributed by atoms with Gasteiger partial charge >= 0.3 is 0 Å². The SMILES string of the molecule is Cc1ccc(CN2C(=O)c3ccccc3N[C@H]2c2ccc(OCC(=O)[O-])cc2)cc1. The highest BCUT2D eigenvalue weighted by molar-refractivity contribution is 6.01. The summed E-state index contributed by atoms with van der Waals surface area (Å²) in [5.41, 5.74) is 4.48. The van der Waals surface area contributed by atoms with Gasteiger partial charge in [0.25, 0.3) is 5.91 Å². The molecule has 152 valence electrons. The van der Waals surface area contributed by atoms with E-state index in [1.165, 1.54) is 0 Å². The molecule has 1 aliphatic rings. The molecule has 1 N–H and O–H groups in total. The van der Waals surface area contributed by atoms with Crippen LogP contribution in [0.15, 0.2) is 72.8 Å².